The first-order valence-electron chi connectivity index (χ1n) is 3.23. The number of aryl methyl sites for hydroxylation is 2. The molecule has 54 valence electrons. The van der Waals surface area contributed by atoms with Crippen molar-refractivity contribution in [2.45, 2.75) is 20.3 Å². The predicted molar refractivity (Wildman–Crippen MR) is 38.0 cm³/mol. The third-order valence-electron chi connectivity index (χ3n) is 1.60. The Kier molecular flexibility index (Phi) is 1.90. The van der Waals surface area contributed by atoms with Gasteiger partial charge in [-0.2, -0.15) is 0 Å². The van der Waals surface area contributed by atoms with E-state index in [0.29, 0.717) is 6.42 Å². The van der Waals surface area contributed by atoms with E-state index in [1.54, 1.807) is 6.26 Å². The number of hydrogen-bond acceptors (Lipinski definition) is 2. The van der Waals surface area contributed by atoms with Crippen molar-refractivity contribution in [3.8, 4) is 0 Å². The lowest BCUT2D eigenvalue weighted by molar-refractivity contribution is -0.107. The van der Waals surface area contributed by atoms with Gasteiger partial charge >= 0.3 is 0 Å². The molecule has 0 bridgehead atoms. The van der Waals surface area contributed by atoms with Crippen molar-refractivity contribution in [3.05, 3.63) is 23.2 Å². The lowest BCUT2D eigenvalue weighted by Gasteiger charge is -1.90. The van der Waals surface area contributed by atoms with Gasteiger partial charge in [0.25, 0.3) is 0 Å². The van der Waals surface area contributed by atoms with Crippen LogP contribution in [0.1, 0.15) is 16.9 Å². The molecule has 2 nitrogen and oxygen atoms in total. The lowest BCUT2D eigenvalue weighted by atomic mass is 10.1. The van der Waals surface area contributed by atoms with E-state index < -0.39 is 0 Å². The van der Waals surface area contributed by atoms with Gasteiger partial charge in [-0.15, -0.1) is 0 Å². The molecule has 1 aromatic heterocycles. The molecule has 0 aromatic carbocycles. The molecular formula is C8H10O2. The molecule has 0 N–H and O–H groups in total. The fourth-order valence-electron chi connectivity index (χ4n) is 0.985. The van der Waals surface area contributed by atoms with Gasteiger partial charge in [-0.05, 0) is 19.4 Å². The van der Waals surface area contributed by atoms with Crippen LogP contribution < -0.4 is 0 Å². The van der Waals surface area contributed by atoms with Crippen LogP contribution in [0.2, 0.25) is 0 Å². The summed E-state index contributed by atoms with van der Waals surface area (Å²) in [4.78, 5) is 10.1. The maximum Gasteiger partial charge on any atom is 0.124 e. The molecule has 1 aromatic rings. The Hall–Kier alpha value is -1.05. The molecule has 0 fully saturated rings. The maximum atomic E-state index is 10.1. The highest BCUT2D eigenvalue weighted by molar-refractivity contribution is 5.56. The summed E-state index contributed by atoms with van der Waals surface area (Å²) in [6.07, 6.45) is 3.03. The number of furan rings is 1. The van der Waals surface area contributed by atoms with Crippen LogP contribution in [0, 0.1) is 13.8 Å². The van der Waals surface area contributed by atoms with Crippen LogP contribution >= 0.6 is 0 Å². The van der Waals surface area contributed by atoms with Crippen molar-refractivity contribution in [2.24, 2.45) is 0 Å². The summed E-state index contributed by atoms with van der Waals surface area (Å²) in [5, 5.41) is 0. The quantitative estimate of drug-likeness (QED) is 0.581. The Morgan fingerprint density at radius 1 is 1.60 bits per heavy atom. The molecule has 0 saturated heterocycles. The summed E-state index contributed by atoms with van der Waals surface area (Å²) in [7, 11) is 0. The summed E-state index contributed by atoms with van der Waals surface area (Å²) in [5.41, 5.74) is 2.08. The van der Waals surface area contributed by atoms with Crippen molar-refractivity contribution in [3.63, 3.8) is 0 Å². The second-order valence-electron chi connectivity index (χ2n) is 2.32. The average molecular weight is 138 g/mol. The van der Waals surface area contributed by atoms with Gasteiger partial charge in [0.05, 0.1) is 6.26 Å². The zero-order chi connectivity index (χ0) is 7.56. The van der Waals surface area contributed by atoms with E-state index in [1.165, 1.54) is 0 Å². The van der Waals surface area contributed by atoms with Crippen LogP contribution in [0.15, 0.2) is 10.7 Å². The van der Waals surface area contributed by atoms with Crippen LogP contribution in [0.3, 0.4) is 0 Å². The summed E-state index contributed by atoms with van der Waals surface area (Å²) < 4.78 is 5.09. The molecule has 0 aliphatic heterocycles. The topological polar surface area (TPSA) is 30.2 Å². The molecule has 0 aliphatic carbocycles. The molecular weight excluding hydrogens is 128 g/mol. The van der Waals surface area contributed by atoms with Crippen molar-refractivity contribution in [2.75, 3.05) is 0 Å². The van der Waals surface area contributed by atoms with Gasteiger partial charge in [-0.1, -0.05) is 0 Å². The first-order valence-corrected chi connectivity index (χ1v) is 3.23. The summed E-state index contributed by atoms with van der Waals surface area (Å²) in [5.74, 6) is 0.851. The molecule has 0 saturated carbocycles. The molecule has 1 heterocycles. The van der Waals surface area contributed by atoms with Crippen LogP contribution in [0.25, 0.3) is 0 Å². The van der Waals surface area contributed by atoms with Gasteiger partial charge < -0.3 is 9.21 Å². The average Bonchev–Trinajstić information content (AvgIpc) is 2.20. The van der Waals surface area contributed by atoms with Gasteiger partial charge in [-0.25, -0.2) is 0 Å². The highest BCUT2D eigenvalue weighted by Gasteiger charge is 2.04. The molecule has 0 radical (unpaired) electrons. The van der Waals surface area contributed by atoms with Crippen LogP contribution in [0.5, 0.6) is 0 Å². The fourth-order valence-corrected chi connectivity index (χ4v) is 0.985. The van der Waals surface area contributed by atoms with E-state index in [1.807, 2.05) is 13.8 Å². The Bertz CT molecular complexity index is 216. The molecule has 0 amide bonds. The van der Waals surface area contributed by atoms with E-state index in [9.17, 15) is 4.79 Å². The second kappa shape index (κ2) is 2.69. The van der Waals surface area contributed by atoms with Crippen LogP contribution in [-0.4, -0.2) is 6.29 Å². The highest BCUT2D eigenvalue weighted by atomic mass is 16.3. The molecule has 10 heavy (non-hydrogen) atoms. The Morgan fingerprint density at radius 3 is 2.70 bits per heavy atom. The summed E-state index contributed by atoms with van der Waals surface area (Å²) >= 11 is 0. The van der Waals surface area contributed by atoms with Gasteiger partial charge in [0.1, 0.15) is 12.0 Å². The molecule has 0 spiro atoms. The largest absolute Gasteiger partial charge is 0.469 e. The summed E-state index contributed by atoms with van der Waals surface area (Å²) in [6.45, 7) is 3.81. The minimum Gasteiger partial charge on any atom is -0.469 e. The van der Waals surface area contributed by atoms with Gasteiger partial charge in [-0.3, -0.25) is 0 Å². The Balaban J connectivity index is 2.97. The van der Waals surface area contributed by atoms with Gasteiger partial charge in [0.2, 0.25) is 0 Å². The Labute approximate surface area is 59.8 Å². The van der Waals surface area contributed by atoms with E-state index in [2.05, 4.69) is 0 Å². The second-order valence-corrected chi connectivity index (χ2v) is 2.32. The molecule has 0 atom stereocenters. The molecule has 1 rings (SSSR count). The number of carbonyl (C=O) groups is 1. The van der Waals surface area contributed by atoms with Crippen molar-refractivity contribution in [1.82, 2.24) is 0 Å². The summed E-state index contributed by atoms with van der Waals surface area (Å²) in [6, 6.07) is 0. The minimum absolute atomic E-state index is 0.466. The predicted octanol–water partition coefficient (Wildman–Crippen LogP) is 1.64. The van der Waals surface area contributed by atoms with E-state index >= 15 is 0 Å². The van der Waals surface area contributed by atoms with E-state index in [-0.39, 0.29) is 0 Å². The molecule has 0 aliphatic rings. The minimum atomic E-state index is 0.466. The van der Waals surface area contributed by atoms with Crippen LogP contribution in [-0.2, 0) is 11.2 Å². The SMILES string of the molecule is Cc1coc(C)c1CC=O. The smallest absolute Gasteiger partial charge is 0.124 e. The third-order valence-corrected chi connectivity index (χ3v) is 1.60. The first-order chi connectivity index (χ1) is 4.75. The Morgan fingerprint density at radius 2 is 2.30 bits per heavy atom. The number of rotatable bonds is 2. The third kappa shape index (κ3) is 1.10. The van der Waals surface area contributed by atoms with Crippen molar-refractivity contribution < 1.29 is 9.21 Å². The maximum absolute atomic E-state index is 10.1. The standard InChI is InChI=1S/C8H10O2/c1-6-5-10-7(2)8(6)3-4-9/h4-5H,3H2,1-2H3. The molecule has 2 heteroatoms. The highest BCUT2D eigenvalue weighted by Crippen LogP contribution is 2.14. The number of carbonyl (C=O) groups excluding carboxylic acids is 1. The lowest BCUT2D eigenvalue weighted by Crippen LogP contribution is -1.87. The van der Waals surface area contributed by atoms with Crippen molar-refractivity contribution in [1.29, 1.82) is 0 Å². The fraction of sp³-hybridized carbons (Fsp3) is 0.375. The van der Waals surface area contributed by atoms with E-state index in [0.717, 1.165) is 23.2 Å². The van der Waals surface area contributed by atoms with Gasteiger partial charge in [0, 0.05) is 12.0 Å². The van der Waals surface area contributed by atoms with Crippen LogP contribution in [0.4, 0.5) is 0 Å². The zero-order valence-electron chi connectivity index (χ0n) is 6.18. The first kappa shape index (κ1) is 7.06. The zero-order valence-corrected chi connectivity index (χ0v) is 6.18. The monoisotopic (exact) mass is 138 g/mol. The van der Waals surface area contributed by atoms with Crippen molar-refractivity contribution >= 4 is 6.29 Å². The number of aldehydes is 1. The molecule has 0 unspecified atom stereocenters. The van der Waals surface area contributed by atoms with E-state index in [4.69, 9.17) is 4.42 Å². The van der Waals surface area contributed by atoms with Gasteiger partial charge in [0.15, 0.2) is 0 Å². The number of hydrogen-bond donors (Lipinski definition) is 0. The normalized spacial score (nSPS) is 9.80.